The predicted octanol–water partition coefficient (Wildman–Crippen LogP) is 6.19. The van der Waals surface area contributed by atoms with Crippen LogP contribution < -0.4 is 0 Å². The quantitative estimate of drug-likeness (QED) is 0.334. The monoisotopic (exact) mass is 482 g/mol. The molecule has 0 aliphatic heterocycles. The first kappa shape index (κ1) is 25.7. The molecule has 0 bridgehead atoms. The third kappa shape index (κ3) is 4.83. The fraction of sp³-hybridized carbons (Fsp3) is 0.926. The van der Waals surface area contributed by atoms with Crippen molar-refractivity contribution in [3.8, 4) is 0 Å². The fourth-order valence-corrected chi connectivity index (χ4v) is 9.33. The van der Waals surface area contributed by atoms with Crippen molar-refractivity contribution in [2.24, 2.45) is 46.3 Å². The molecule has 0 radical (unpaired) electrons. The molecule has 3 fully saturated rings. The van der Waals surface area contributed by atoms with E-state index in [2.05, 4.69) is 40.7 Å². The number of hydrogen-bond donors (Lipinski definition) is 2. The highest BCUT2D eigenvalue weighted by atomic mass is 32.3. The molecular weight excluding hydrogens is 436 g/mol. The molecular formula is C27H46O5S. The zero-order chi connectivity index (χ0) is 24.2. The molecule has 0 aromatic carbocycles. The lowest BCUT2D eigenvalue weighted by Gasteiger charge is -2.58. The molecule has 2 N–H and O–H groups in total. The maximum absolute atomic E-state index is 11.2. The third-order valence-electron chi connectivity index (χ3n) is 10.8. The van der Waals surface area contributed by atoms with E-state index in [1.807, 2.05) is 0 Å². The highest BCUT2D eigenvalue weighted by Crippen LogP contribution is 2.67. The first-order valence-electron chi connectivity index (χ1n) is 13.4. The average molecular weight is 483 g/mol. The Morgan fingerprint density at radius 3 is 2.45 bits per heavy atom. The van der Waals surface area contributed by atoms with E-state index >= 15 is 0 Å². The van der Waals surface area contributed by atoms with Crippen LogP contribution in [-0.2, 0) is 14.6 Å². The number of allylic oxidation sites excluding steroid dienone is 1. The van der Waals surface area contributed by atoms with Crippen LogP contribution in [0.15, 0.2) is 11.6 Å². The van der Waals surface area contributed by atoms with Gasteiger partial charge in [-0.15, -0.1) is 0 Å². The number of rotatable bonds is 7. The molecule has 5 nitrogen and oxygen atoms in total. The Morgan fingerprint density at radius 2 is 1.79 bits per heavy atom. The van der Waals surface area contributed by atoms with Crippen molar-refractivity contribution in [3.63, 3.8) is 0 Å². The summed E-state index contributed by atoms with van der Waals surface area (Å²) in [7, 11) is -4.40. The van der Waals surface area contributed by atoms with Gasteiger partial charge in [-0.3, -0.25) is 4.55 Å². The first-order valence-corrected chi connectivity index (χ1v) is 14.7. The second-order valence-corrected chi connectivity index (χ2v) is 13.8. The Morgan fingerprint density at radius 1 is 1.06 bits per heavy atom. The van der Waals surface area contributed by atoms with Crippen LogP contribution in [0.2, 0.25) is 0 Å². The van der Waals surface area contributed by atoms with Crippen LogP contribution >= 0.6 is 0 Å². The molecule has 190 valence electrons. The minimum Gasteiger partial charge on any atom is -0.393 e. The van der Waals surface area contributed by atoms with Gasteiger partial charge in [-0.2, -0.15) is 8.42 Å². The zero-order valence-corrected chi connectivity index (χ0v) is 22.1. The summed E-state index contributed by atoms with van der Waals surface area (Å²) in [6, 6.07) is 0. The van der Waals surface area contributed by atoms with Gasteiger partial charge in [-0.05, 0) is 111 Å². The van der Waals surface area contributed by atoms with Gasteiger partial charge in [-0.1, -0.05) is 46.3 Å². The summed E-state index contributed by atoms with van der Waals surface area (Å²) in [4.78, 5) is 0. The highest BCUT2D eigenvalue weighted by Gasteiger charge is 2.59. The number of fused-ring (bicyclic) bond motifs is 5. The molecule has 0 amide bonds. The van der Waals surface area contributed by atoms with Gasteiger partial charge >= 0.3 is 10.4 Å². The van der Waals surface area contributed by atoms with E-state index < -0.39 is 16.5 Å². The summed E-state index contributed by atoms with van der Waals surface area (Å²) in [6.07, 6.45) is 12.4. The molecule has 4 aliphatic rings. The Labute approximate surface area is 201 Å². The lowest BCUT2D eigenvalue weighted by atomic mass is 9.47. The van der Waals surface area contributed by atoms with E-state index in [0.29, 0.717) is 36.0 Å². The maximum atomic E-state index is 11.2. The van der Waals surface area contributed by atoms with E-state index in [4.69, 9.17) is 8.74 Å². The minimum atomic E-state index is -4.40. The van der Waals surface area contributed by atoms with E-state index in [1.54, 1.807) is 0 Å². The van der Waals surface area contributed by atoms with E-state index in [9.17, 15) is 13.5 Å². The van der Waals surface area contributed by atoms with Crippen molar-refractivity contribution < 1.29 is 22.3 Å². The predicted molar refractivity (Wildman–Crippen MR) is 131 cm³/mol. The van der Waals surface area contributed by atoms with Crippen LogP contribution in [0.5, 0.6) is 0 Å². The van der Waals surface area contributed by atoms with Crippen LogP contribution in [0.4, 0.5) is 0 Å². The van der Waals surface area contributed by atoms with E-state index in [0.717, 1.165) is 43.4 Å². The van der Waals surface area contributed by atoms with Gasteiger partial charge < -0.3 is 5.11 Å². The first-order chi connectivity index (χ1) is 15.3. The molecule has 33 heavy (non-hydrogen) atoms. The molecule has 4 aliphatic carbocycles. The van der Waals surface area contributed by atoms with Crippen molar-refractivity contribution in [2.45, 2.75) is 111 Å². The lowest BCUT2D eigenvalue weighted by molar-refractivity contribution is -0.0567. The van der Waals surface area contributed by atoms with Gasteiger partial charge in [0.1, 0.15) is 0 Å². The topological polar surface area (TPSA) is 83.8 Å². The second kappa shape index (κ2) is 9.22. The molecule has 3 saturated carbocycles. The third-order valence-corrected chi connectivity index (χ3v) is 11.3. The summed E-state index contributed by atoms with van der Waals surface area (Å²) < 4.78 is 36.5. The highest BCUT2D eigenvalue weighted by molar-refractivity contribution is 7.80. The molecule has 9 atom stereocenters. The standard InChI is InChI=1S/C27H46O5S/c1-17(2)25(28)11-6-18(3)22-9-10-23-21-8-7-19-16-20(32-33(29,30)31)12-14-26(19,4)24(21)13-15-27(22,23)5/h7,17-18,20-25,28H,6,8-16H2,1-5H3,(H,29,30,31)/t18-,20-,21+,22-,23+,24+,25?,26+,27-/m1/s1. The van der Waals surface area contributed by atoms with Crippen molar-refractivity contribution >= 4 is 10.4 Å². The Kier molecular flexibility index (Phi) is 7.17. The Balaban J connectivity index is 1.47. The SMILES string of the molecule is CC(C)C(O)CC[C@@H](C)[C@H]1CC[C@H]2[C@@H]3CC=C4C[C@H](OS(=O)(=O)O)CC[C@]4(C)[C@H]3CC[C@]12C. The van der Waals surface area contributed by atoms with Crippen LogP contribution in [0, 0.1) is 46.3 Å². The summed E-state index contributed by atoms with van der Waals surface area (Å²) in [5.41, 5.74) is 1.89. The summed E-state index contributed by atoms with van der Waals surface area (Å²) in [5, 5.41) is 10.3. The van der Waals surface area contributed by atoms with Gasteiger partial charge in [-0.25, -0.2) is 4.18 Å². The summed E-state index contributed by atoms with van der Waals surface area (Å²) >= 11 is 0. The van der Waals surface area contributed by atoms with Gasteiger partial charge in [0.25, 0.3) is 0 Å². The molecule has 0 saturated heterocycles. The number of hydrogen-bond acceptors (Lipinski definition) is 4. The maximum Gasteiger partial charge on any atom is 0.397 e. The molecule has 0 spiro atoms. The molecule has 6 heteroatoms. The van der Waals surface area contributed by atoms with Crippen molar-refractivity contribution in [2.75, 3.05) is 0 Å². The van der Waals surface area contributed by atoms with Gasteiger partial charge in [0.15, 0.2) is 0 Å². The van der Waals surface area contributed by atoms with Crippen molar-refractivity contribution in [3.05, 3.63) is 11.6 Å². The zero-order valence-electron chi connectivity index (χ0n) is 21.3. The van der Waals surface area contributed by atoms with Crippen LogP contribution in [0.25, 0.3) is 0 Å². The molecule has 0 aromatic heterocycles. The van der Waals surface area contributed by atoms with Crippen LogP contribution in [0.3, 0.4) is 0 Å². The van der Waals surface area contributed by atoms with Crippen molar-refractivity contribution in [1.82, 2.24) is 0 Å². The van der Waals surface area contributed by atoms with E-state index in [1.165, 1.54) is 31.3 Å². The van der Waals surface area contributed by atoms with Crippen LogP contribution in [0.1, 0.15) is 98.8 Å². The lowest BCUT2D eigenvalue weighted by Crippen LogP contribution is -2.51. The molecule has 0 aromatic rings. The smallest absolute Gasteiger partial charge is 0.393 e. The minimum absolute atomic E-state index is 0.133. The molecule has 4 rings (SSSR count). The normalized spacial score (nSPS) is 42.8. The molecule has 0 heterocycles. The van der Waals surface area contributed by atoms with Gasteiger partial charge in [0.05, 0.1) is 12.2 Å². The average Bonchev–Trinajstić information content (AvgIpc) is 3.08. The molecule has 1 unspecified atom stereocenters. The van der Waals surface area contributed by atoms with Gasteiger partial charge in [0.2, 0.25) is 0 Å². The Bertz CT molecular complexity index is 851. The largest absolute Gasteiger partial charge is 0.397 e. The summed E-state index contributed by atoms with van der Waals surface area (Å²) in [6.45, 7) is 11.6. The van der Waals surface area contributed by atoms with Crippen LogP contribution in [-0.4, -0.2) is 30.3 Å². The second-order valence-electron chi connectivity index (χ2n) is 12.7. The number of aliphatic hydroxyl groups is 1. The van der Waals surface area contributed by atoms with Crippen molar-refractivity contribution in [1.29, 1.82) is 0 Å². The summed E-state index contributed by atoms with van der Waals surface area (Å²) in [5.74, 6) is 3.89. The van der Waals surface area contributed by atoms with E-state index in [-0.39, 0.29) is 11.5 Å². The number of aliphatic hydroxyl groups excluding tert-OH is 1. The van der Waals surface area contributed by atoms with Gasteiger partial charge in [0, 0.05) is 0 Å². The fourth-order valence-electron chi connectivity index (χ4n) is 8.83. The Hall–Kier alpha value is -0.430.